The van der Waals surface area contributed by atoms with Gasteiger partial charge in [0.05, 0.1) is 6.61 Å². The normalized spacial score (nSPS) is 11.7. The molecule has 1 aromatic carbocycles. The predicted octanol–water partition coefficient (Wildman–Crippen LogP) is 4.80. The summed E-state index contributed by atoms with van der Waals surface area (Å²) < 4.78 is 5.14. The molecule has 0 aliphatic heterocycles. The minimum atomic E-state index is -0.448. The molecule has 0 saturated heterocycles. The van der Waals surface area contributed by atoms with Gasteiger partial charge >= 0.3 is 6.09 Å². The molecule has 0 aliphatic carbocycles. The number of carbonyl (C=O) groups excluding carboxylic acids is 2. The third-order valence-electron chi connectivity index (χ3n) is 3.68. The van der Waals surface area contributed by atoms with E-state index in [9.17, 15) is 9.59 Å². The minimum Gasteiger partial charge on any atom is -0.449 e. The number of benzene rings is 1. The second-order valence-electron chi connectivity index (χ2n) is 5.57. The van der Waals surface area contributed by atoms with Crippen LogP contribution in [0.2, 0.25) is 0 Å². The maximum absolute atomic E-state index is 11.6. The lowest BCUT2D eigenvalue weighted by Gasteiger charge is -2.13. The van der Waals surface area contributed by atoms with Crippen LogP contribution in [0, 0.1) is 5.92 Å². The molecule has 4 nitrogen and oxygen atoms in total. The van der Waals surface area contributed by atoms with E-state index in [0.29, 0.717) is 12.3 Å². The van der Waals surface area contributed by atoms with Crippen LogP contribution in [0.25, 0.3) is 0 Å². The van der Waals surface area contributed by atoms with E-state index < -0.39 is 6.09 Å². The van der Waals surface area contributed by atoms with Crippen molar-refractivity contribution in [2.75, 3.05) is 11.9 Å². The van der Waals surface area contributed by atoms with E-state index in [0.717, 1.165) is 32.1 Å². The van der Waals surface area contributed by atoms with E-state index in [-0.39, 0.29) is 11.7 Å². The minimum absolute atomic E-state index is 0.104. The smallest absolute Gasteiger partial charge is 0.411 e. The Morgan fingerprint density at radius 1 is 1.09 bits per heavy atom. The quantitative estimate of drug-likeness (QED) is 0.632. The second kappa shape index (κ2) is 10.8. The highest BCUT2D eigenvalue weighted by Crippen LogP contribution is 2.17. The van der Waals surface area contributed by atoms with Crippen LogP contribution in [0.3, 0.4) is 0 Å². The molecule has 1 aromatic rings. The fraction of sp³-hybridized carbons (Fsp3) is 0.556. The lowest BCUT2D eigenvalue weighted by atomic mass is 9.93. The van der Waals surface area contributed by atoms with Crippen LogP contribution >= 0.6 is 0 Å². The third kappa shape index (κ3) is 7.81. The highest BCUT2D eigenvalue weighted by atomic mass is 16.5. The van der Waals surface area contributed by atoms with Gasteiger partial charge in [0.15, 0.2) is 0 Å². The highest BCUT2D eigenvalue weighted by Gasteiger charge is 2.13. The predicted molar refractivity (Wildman–Crippen MR) is 89.0 cm³/mol. The second-order valence-corrected chi connectivity index (χ2v) is 5.57. The fourth-order valence-electron chi connectivity index (χ4n) is 2.36. The Hall–Kier alpha value is -1.84. The summed E-state index contributed by atoms with van der Waals surface area (Å²) in [5, 5.41) is 2.67. The van der Waals surface area contributed by atoms with Crippen LogP contribution in [-0.2, 0) is 9.53 Å². The molecule has 0 heterocycles. The molecule has 0 saturated carbocycles. The number of ether oxygens (including phenoxy) is 1. The van der Waals surface area contributed by atoms with Gasteiger partial charge in [-0.15, -0.1) is 0 Å². The van der Waals surface area contributed by atoms with E-state index >= 15 is 0 Å². The van der Waals surface area contributed by atoms with Gasteiger partial charge < -0.3 is 4.74 Å². The summed E-state index contributed by atoms with van der Waals surface area (Å²) in [4.78, 5) is 23.2. The molecule has 0 radical (unpaired) electrons. The average Bonchev–Trinajstić information content (AvgIpc) is 2.50. The Morgan fingerprint density at radius 3 is 2.41 bits per heavy atom. The van der Waals surface area contributed by atoms with Crippen molar-refractivity contribution in [3.8, 4) is 0 Å². The Morgan fingerprint density at radius 2 is 1.77 bits per heavy atom. The molecule has 1 atom stereocenters. The standard InChI is InChI=1S/C18H27NO3/c1-3-4-6-10-16(15(2)20)11-9-14-22-18(21)19-17-12-7-5-8-13-17/h5,7-8,12-13,16H,3-4,6,9-11,14H2,1-2H3,(H,19,21). The molecule has 0 aliphatic rings. The first-order valence-electron chi connectivity index (χ1n) is 8.12. The van der Waals surface area contributed by atoms with Crippen LogP contribution < -0.4 is 5.32 Å². The number of ketones is 1. The summed E-state index contributed by atoms with van der Waals surface area (Å²) in [6.45, 7) is 4.15. The molecule has 0 spiro atoms. The van der Waals surface area contributed by atoms with Crippen molar-refractivity contribution in [3.63, 3.8) is 0 Å². The molecule has 0 aromatic heterocycles. The maximum Gasteiger partial charge on any atom is 0.411 e. The molecule has 1 N–H and O–H groups in total. The van der Waals surface area contributed by atoms with Crippen LogP contribution in [0.1, 0.15) is 52.4 Å². The van der Waals surface area contributed by atoms with E-state index in [1.165, 1.54) is 6.42 Å². The number of carbonyl (C=O) groups is 2. The first-order chi connectivity index (χ1) is 10.6. The lowest BCUT2D eigenvalue weighted by molar-refractivity contribution is -0.121. The zero-order valence-corrected chi connectivity index (χ0v) is 13.6. The summed E-state index contributed by atoms with van der Waals surface area (Å²) >= 11 is 0. The van der Waals surface area contributed by atoms with Crippen molar-refractivity contribution >= 4 is 17.6 Å². The average molecular weight is 305 g/mol. The van der Waals surface area contributed by atoms with Crippen molar-refractivity contribution in [2.45, 2.75) is 52.4 Å². The van der Waals surface area contributed by atoms with Gasteiger partial charge in [-0.25, -0.2) is 4.79 Å². The molecule has 0 bridgehead atoms. The van der Waals surface area contributed by atoms with Crippen LogP contribution in [-0.4, -0.2) is 18.5 Å². The molecular formula is C18H27NO3. The summed E-state index contributed by atoms with van der Waals surface area (Å²) in [7, 11) is 0. The Bertz CT molecular complexity index is 445. The molecule has 1 amide bonds. The van der Waals surface area contributed by atoms with Gasteiger partial charge in [-0.2, -0.15) is 0 Å². The Kier molecular flexibility index (Phi) is 8.96. The summed E-state index contributed by atoms with van der Waals surface area (Å²) in [5.41, 5.74) is 0.716. The zero-order chi connectivity index (χ0) is 16.2. The topological polar surface area (TPSA) is 55.4 Å². The summed E-state index contributed by atoms with van der Waals surface area (Å²) in [5.74, 6) is 0.345. The van der Waals surface area contributed by atoms with Crippen molar-refractivity contribution < 1.29 is 14.3 Å². The van der Waals surface area contributed by atoms with Crippen molar-refractivity contribution in [1.29, 1.82) is 0 Å². The van der Waals surface area contributed by atoms with Crippen LogP contribution in [0.15, 0.2) is 30.3 Å². The molecule has 22 heavy (non-hydrogen) atoms. The van der Waals surface area contributed by atoms with Gasteiger partial charge in [-0.05, 0) is 38.3 Å². The molecule has 1 rings (SSSR count). The van der Waals surface area contributed by atoms with Gasteiger partial charge in [-0.1, -0.05) is 44.4 Å². The fourth-order valence-corrected chi connectivity index (χ4v) is 2.36. The van der Waals surface area contributed by atoms with E-state index in [1.807, 2.05) is 18.2 Å². The van der Waals surface area contributed by atoms with Crippen LogP contribution in [0.5, 0.6) is 0 Å². The lowest BCUT2D eigenvalue weighted by Crippen LogP contribution is -2.16. The van der Waals surface area contributed by atoms with E-state index in [1.54, 1.807) is 19.1 Å². The first-order valence-corrected chi connectivity index (χ1v) is 8.12. The van der Waals surface area contributed by atoms with E-state index in [2.05, 4.69) is 12.2 Å². The maximum atomic E-state index is 11.6. The molecule has 4 heteroatoms. The first kappa shape index (κ1) is 18.2. The number of para-hydroxylation sites is 1. The van der Waals surface area contributed by atoms with Crippen molar-refractivity contribution in [1.82, 2.24) is 0 Å². The number of Topliss-reactive ketones (excluding diaryl/α,β-unsaturated/α-hetero) is 1. The SMILES string of the molecule is CCCCCC(CCCOC(=O)Nc1ccccc1)C(C)=O. The van der Waals surface area contributed by atoms with Gasteiger partial charge in [-0.3, -0.25) is 10.1 Å². The number of hydrogen-bond donors (Lipinski definition) is 1. The van der Waals surface area contributed by atoms with Gasteiger partial charge in [0.2, 0.25) is 0 Å². The molecule has 0 fully saturated rings. The van der Waals surface area contributed by atoms with Crippen LogP contribution in [0.4, 0.5) is 10.5 Å². The van der Waals surface area contributed by atoms with Gasteiger partial charge in [0, 0.05) is 11.6 Å². The third-order valence-corrected chi connectivity index (χ3v) is 3.68. The number of nitrogens with one attached hydrogen (secondary N) is 1. The number of rotatable bonds is 10. The summed E-state index contributed by atoms with van der Waals surface area (Å²) in [6.07, 6.45) is 5.43. The van der Waals surface area contributed by atoms with E-state index in [4.69, 9.17) is 4.74 Å². The Labute approximate surface area is 133 Å². The van der Waals surface area contributed by atoms with Crippen molar-refractivity contribution in [2.24, 2.45) is 5.92 Å². The van der Waals surface area contributed by atoms with Gasteiger partial charge in [0.1, 0.15) is 5.78 Å². The summed E-state index contributed by atoms with van der Waals surface area (Å²) in [6, 6.07) is 9.20. The largest absolute Gasteiger partial charge is 0.449 e. The number of hydrogen-bond acceptors (Lipinski definition) is 3. The number of unbranched alkanes of at least 4 members (excludes halogenated alkanes) is 2. The Balaban J connectivity index is 2.19. The number of anilines is 1. The molecular weight excluding hydrogens is 278 g/mol. The monoisotopic (exact) mass is 305 g/mol. The number of amides is 1. The highest BCUT2D eigenvalue weighted by molar-refractivity contribution is 5.84. The van der Waals surface area contributed by atoms with Crippen molar-refractivity contribution in [3.05, 3.63) is 30.3 Å². The zero-order valence-electron chi connectivity index (χ0n) is 13.6. The molecule has 1 unspecified atom stereocenters. The molecule has 122 valence electrons. The van der Waals surface area contributed by atoms with Gasteiger partial charge in [0.25, 0.3) is 0 Å².